The molecule has 7 heteroatoms. The predicted octanol–water partition coefficient (Wildman–Crippen LogP) is 6.01. The molecule has 1 heterocycles. The van der Waals surface area contributed by atoms with Crippen molar-refractivity contribution < 1.29 is 9.13 Å². The number of para-hydroxylation sites is 1. The summed E-state index contributed by atoms with van der Waals surface area (Å²) in [6.45, 7) is 0.536. The number of ether oxygens (including phenoxy) is 1. The van der Waals surface area contributed by atoms with Gasteiger partial charge in [-0.25, -0.2) is 4.39 Å². The van der Waals surface area contributed by atoms with Gasteiger partial charge in [0.25, 0.3) is 0 Å². The lowest BCUT2D eigenvalue weighted by atomic mass is 10.2. The fraction of sp³-hybridized carbons (Fsp3) is 0.0909. The standard InChI is InChI=1S/C22H17BrFN3OS/c23-17-5-4-8-20(15-17)28-13-14-29-22-26-25-21(16-9-11-18(24)12-10-16)27(22)19-6-2-1-3-7-19/h1-12,15H,13-14H2. The van der Waals surface area contributed by atoms with E-state index in [0.717, 1.165) is 26.6 Å². The highest BCUT2D eigenvalue weighted by atomic mass is 79.9. The second-order valence-corrected chi connectivity index (χ2v) is 8.12. The van der Waals surface area contributed by atoms with Gasteiger partial charge in [-0.2, -0.15) is 0 Å². The Morgan fingerprint density at radius 2 is 1.72 bits per heavy atom. The Labute approximate surface area is 180 Å². The summed E-state index contributed by atoms with van der Waals surface area (Å²) in [6.07, 6.45) is 0. The van der Waals surface area contributed by atoms with Crippen molar-refractivity contribution in [1.29, 1.82) is 0 Å². The maximum Gasteiger partial charge on any atom is 0.196 e. The van der Waals surface area contributed by atoms with Crippen molar-refractivity contribution in [3.8, 4) is 22.8 Å². The minimum atomic E-state index is -0.279. The molecule has 0 bridgehead atoms. The van der Waals surface area contributed by atoms with Crippen LogP contribution in [0.25, 0.3) is 17.1 Å². The zero-order chi connectivity index (χ0) is 20.1. The van der Waals surface area contributed by atoms with Gasteiger partial charge in [0.15, 0.2) is 11.0 Å². The molecular weight excluding hydrogens is 453 g/mol. The molecule has 0 atom stereocenters. The summed E-state index contributed by atoms with van der Waals surface area (Å²) >= 11 is 5.00. The van der Waals surface area contributed by atoms with Gasteiger partial charge in [0, 0.05) is 21.5 Å². The third-order valence-corrected chi connectivity index (χ3v) is 5.52. The van der Waals surface area contributed by atoms with E-state index in [1.807, 2.05) is 59.2 Å². The van der Waals surface area contributed by atoms with Crippen LogP contribution in [0.15, 0.2) is 88.5 Å². The second-order valence-electron chi connectivity index (χ2n) is 6.14. The fourth-order valence-electron chi connectivity index (χ4n) is 2.81. The highest BCUT2D eigenvalue weighted by Gasteiger charge is 2.16. The lowest BCUT2D eigenvalue weighted by Gasteiger charge is -2.11. The molecule has 0 aliphatic rings. The minimum Gasteiger partial charge on any atom is -0.493 e. The Balaban J connectivity index is 1.54. The summed E-state index contributed by atoms with van der Waals surface area (Å²) in [5.41, 5.74) is 1.76. The molecule has 0 unspecified atom stereocenters. The summed E-state index contributed by atoms with van der Waals surface area (Å²) in [4.78, 5) is 0. The molecular formula is C22H17BrFN3OS. The van der Waals surface area contributed by atoms with Crippen molar-refractivity contribution in [2.45, 2.75) is 5.16 Å². The van der Waals surface area contributed by atoms with E-state index in [0.29, 0.717) is 18.2 Å². The molecule has 4 nitrogen and oxygen atoms in total. The molecule has 29 heavy (non-hydrogen) atoms. The van der Waals surface area contributed by atoms with Crippen molar-refractivity contribution >= 4 is 27.7 Å². The van der Waals surface area contributed by atoms with Gasteiger partial charge in [0.2, 0.25) is 0 Å². The largest absolute Gasteiger partial charge is 0.493 e. The minimum absolute atomic E-state index is 0.279. The van der Waals surface area contributed by atoms with Crippen LogP contribution in [0.2, 0.25) is 0 Å². The van der Waals surface area contributed by atoms with Gasteiger partial charge in [-0.05, 0) is 54.6 Å². The number of halogens is 2. The molecule has 0 aliphatic heterocycles. The molecule has 0 fully saturated rings. The SMILES string of the molecule is Fc1ccc(-c2nnc(SCCOc3cccc(Br)c3)n2-c2ccccc2)cc1. The number of benzene rings is 3. The molecule has 4 aromatic rings. The summed E-state index contributed by atoms with van der Waals surface area (Å²) < 4.78 is 22.1. The van der Waals surface area contributed by atoms with Gasteiger partial charge in [-0.1, -0.05) is 52.0 Å². The van der Waals surface area contributed by atoms with Gasteiger partial charge in [-0.3, -0.25) is 4.57 Å². The third kappa shape index (κ3) is 4.86. The number of rotatable bonds is 7. The molecule has 0 aliphatic carbocycles. The van der Waals surface area contributed by atoms with E-state index in [2.05, 4.69) is 26.1 Å². The van der Waals surface area contributed by atoms with E-state index in [9.17, 15) is 4.39 Å². The van der Waals surface area contributed by atoms with E-state index in [-0.39, 0.29) is 5.82 Å². The van der Waals surface area contributed by atoms with Crippen molar-refractivity contribution in [3.63, 3.8) is 0 Å². The van der Waals surface area contributed by atoms with Crippen LogP contribution in [0.5, 0.6) is 5.75 Å². The van der Waals surface area contributed by atoms with Crippen molar-refractivity contribution in [3.05, 3.63) is 89.2 Å². The number of nitrogens with zero attached hydrogens (tertiary/aromatic N) is 3. The highest BCUT2D eigenvalue weighted by molar-refractivity contribution is 9.10. The molecule has 0 saturated carbocycles. The number of hydrogen-bond donors (Lipinski definition) is 0. The van der Waals surface area contributed by atoms with E-state index in [1.54, 1.807) is 23.9 Å². The van der Waals surface area contributed by atoms with Crippen LogP contribution in [0.1, 0.15) is 0 Å². The first kappa shape index (κ1) is 19.7. The first-order valence-corrected chi connectivity index (χ1v) is 10.8. The number of aromatic nitrogens is 3. The quantitative estimate of drug-likeness (QED) is 0.245. The summed E-state index contributed by atoms with van der Waals surface area (Å²) in [5, 5.41) is 9.49. The lowest BCUT2D eigenvalue weighted by Crippen LogP contribution is -2.03. The second kappa shape index (κ2) is 9.24. The van der Waals surface area contributed by atoms with E-state index in [4.69, 9.17) is 4.74 Å². The monoisotopic (exact) mass is 469 g/mol. The van der Waals surface area contributed by atoms with Gasteiger partial charge < -0.3 is 4.74 Å². The van der Waals surface area contributed by atoms with Crippen LogP contribution in [-0.2, 0) is 0 Å². The van der Waals surface area contributed by atoms with Gasteiger partial charge in [-0.15, -0.1) is 10.2 Å². The molecule has 0 spiro atoms. The van der Waals surface area contributed by atoms with Crippen LogP contribution in [0.3, 0.4) is 0 Å². The summed E-state index contributed by atoms with van der Waals surface area (Å²) in [5.74, 6) is 1.92. The van der Waals surface area contributed by atoms with E-state index < -0.39 is 0 Å². The fourth-order valence-corrected chi connectivity index (χ4v) is 3.96. The maximum atomic E-state index is 13.3. The van der Waals surface area contributed by atoms with Crippen LogP contribution < -0.4 is 4.74 Å². The first-order valence-electron chi connectivity index (χ1n) is 8.99. The molecule has 1 aromatic heterocycles. The molecule has 0 radical (unpaired) electrons. The molecule has 146 valence electrons. The van der Waals surface area contributed by atoms with E-state index >= 15 is 0 Å². The van der Waals surface area contributed by atoms with Crippen LogP contribution >= 0.6 is 27.7 Å². The van der Waals surface area contributed by atoms with Crippen molar-refractivity contribution in [2.24, 2.45) is 0 Å². The highest BCUT2D eigenvalue weighted by Crippen LogP contribution is 2.28. The Kier molecular flexibility index (Phi) is 6.27. The third-order valence-electron chi connectivity index (χ3n) is 4.13. The average Bonchev–Trinajstić information content (AvgIpc) is 3.16. The van der Waals surface area contributed by atoms with Crippen LogP contribution in [0, 0.1) is 5.82 Å². The van der Waals surface area contributed by atoms with Crippen molar-refractivity contribution in [1.82, 2.24) is 14.8 Å². The average molecular weight is 470 g/mol. The lowest BCUT2D eigenvalue weighted by molar-refractivity contribution is 0.343. The molecule has 0 N–H and O–H groups in total. The Morgan fingerprint density at radius 3 is 2.48 bits per heavy atom. The summed E-state index contributed by atoms with van der Waals surface area (Å²) in [6, 6.07) is 23.9. The molecule has 0 saturated heterocycles. The first-order chi connectivity index (χ1) is 14.2. The normalized spacial score (nSPS) is 10.8. The molecule has 4 rings (SSSR count). The number of hydrogen-bond acceptors (Lipinski definition) is 4. The molecule has 3 aromatic carbocycles. The van der Waals surface area contributed by atoms with Crippen LogP contribution in [-0.4, -0.2) is 27.1 Å². The Morgan fingerprint density at radius 1 is 0.931 bits per heavy atom. The Hall–Kier alpha value is -2.64. The molecule has 0 amide bonds. The zero-order valence-corrected chi connectivity index (χ0v) is 17.7. The van der Waals surface area contributed by atoms with E-state index in [1.165, 1.54) is 12.1 Å². The topological polar surface area (TPSA) is 39.9 Å². The number of thioether (sulfide) groups is 1. The van der Waals surface area contributed by atoms with Crippen molar-refractivity contribution in [2.75, 3.05) is 12.4 Å². The van der Waals surface area contributed by atoms with Crippen LogP contribution in [0.4, 0.5) is 4.39 Å². The maximum absolute atomic E-state index is 13.3. The van der Waals surface area contributed by atoms with Gasteiger partial charge >= 0.3 is 0 Å². The zero-order valence-electron chi connectivity index (χ0n) is 15.3. The smallest absolute Gasteiger partial charge is 0.196 e. The van der Waals surface area contributed by atoms with Gasteiger partial charge in [0.05, 0.1) is 6.61 Å². The predicted molar refractivity (Wildman–Crippen MR) is 117 cm³/mol. The summed E-state index contributed by atoms with van der Waals surface area (Å²) in [7, 11) is 0. The van der Waals surface area contributed by atoms with Gasteiger partial charge in [0.1, 0.15) is 11.6 Å². The Bertz CT molecular complexity index is 1090.